The zero-order valence-corrected chi connectivity index (χ0v) is 25.5. The summed E-state index contributed by atoms with van der Waals surface area (Å²) in [5.41, 5.74) is 7.90. The van der Waals surface area contributed by atoms with Crippen LogP contribution in [0.1, 0.15) is 25.0 Å². The van der Waals surface area contributed by atoms with E-state index in [1.54, 1.807) is 0 Å². The van der Waals surface area contributed by atoms with Gasteiger partial charge in [-0.2, -0.15) is 0 Å². The Morgan fingerprint density at radius 2 is 0.857 bits per heavy atom. The molecule has 0 saturated heterocycles. The van der Waals surface area contributed by atoms with Crippen LogP contribution in [-0.2, 0) is 5.41 Å². The zero-order valence-electron chi connectivity index (χ0n) is 24.5. The Hall–Kier alpha value is -4.66. The number of hydrogen-bond donors (Lipinski definition) is 0. The number of rotatable bonds is 6. The van der Waals surface area contributed by atoms with Crippen LogP contribution in [-0.4, -0.2) is 15.1 Å². The molecule has 204 valence electrons. The maximum absolute atomic E-state index is 2.52. The second kappa shape index (κ2) is 10.3. The Morgan fingerprint density at radius 3 is 1.40 bits per heavy atom. The average Bonchev–Trinajstić information content (AvgIpc) is 3.29. The summed E-state index contributed by atoms with van der Waals surface area (Å²) in [5, 5.41) is 5.56. The Balaban J connectivity index is 1.32. The first-order valence-corrected chi connectivity index (χ1v) is 16.8. The molecular formula is C40H35NSi. The predicted molar refractivity (Wildman–Crippen MR) is 182 cm³/mol. The largest absolute Gasteiger partial charge is 0.345 e. The zero-order chi connectivity index (χ0) is 28.7. The van der Waals surface area contributed by atoms with Crippen LogP contribution in [0, 0.1) is 0 Å². The third kappa shape index (κ3) is 4.06. The van der Waals surface area contributed by atoms with Crippen molar-refractivity contribution < 1.29 is 0 Å². The third-order valence-corrected chi connectivity index (χ3v) is 14.1. The van der Waals surface area contributed by atoms with Gasteiger partial charge in [0.1, 0.15) is 0 Å². The maximum Gasteiger partial charge on any atom is 0.179 e. The topological polar surface area (TPSA) is 3.24 Å². The lowest BCUT2D eigenvalue weighted by Crippen LogP contribution is -2.74. The van der Waals surface area contributed by atoms with Crippen molar-refractivity contribution >= 4 is 40.2 Å². The van der Waals surface area contributed by atoms with E-state index < -0.39 is 8.07 Å². The number of benzene rings is 6. The highest BCUT2D eigenvalue weighted by Gasteiger charge is 2.41. The van der Waals surface area contributed by atoms with Gasteiger partial charge in [-0.1, -0.05) is 147 Å². The molecule has 42 heavy (non-hydrogen) atoms. The van der Waals surface area contributed by atoms with Gasteiger partial charge in [0.15, 0.2) is 8.07 Å². The molecule has 7 rings (SSSR count). The fourth-order valence-corrected chi connectivity index (χ4v) is 11.8. The molecule has 1 nitrogen and oxygen atoms in total. The highest BCUT2D eigenvalue weighted by Crippen LogP contribution is 2.49. The second-order valence-corrected chi connectivity index (χ2v) is 15.7. The van der Waals surface area contributed by atoms with Crippen molar-refractivity contribution in [3.05, 3.63) is 169 Å². The highest BCUT2D eigenvalue weighted by atomic mass is 28.3. The molecule has 0 fully saturated rings. The Kier molecular flexibility index (Phi) is 6.44. The van der Waals surface area contributed by atoms with Crippen LogP contribution >= 0.6 is 0 Å². The van der Waals surface area contributed by atoms with Crippen LogP contribution in [0.25, 0.3) is 11.1 Å². The molecule has 6 aromatic rings. The number of anilines is 2. The molecule has 0 radical (unpaired) electrons. The first-order chi connectivity index (χ1) is 20.5. The molecular weight excluding hydrogens is 523 g/mol. The minimum atomic E-state index is -2.52. The fourth-order valence-electron chi connectivity index (χ4n) is 7.05. The van der Waals surface area contributed by atoms with Gasteiger partial charge < -0.3 is 4.90 Å². The summed E-state index contributed by atoms with van der Waals surface area (Å²) in [6.45, 7) is 4.69. The van der Waals surface area contributed by atoms with E-state index in [2.05, 4.69) is 184 Å². The monoisotopic (exact) mass is 557 g/mol. The third-order valence-electron chi connectivity index (χ3n) is 9.26. The molecule has 1 aliphatic carbocycles. The molecule has 0 spiro atoms. The van der Waals surface area contributed by atoms with Crippen LogP contribution in [0.5, 0.6) is 0 Å². The average molecular weight is 558 g/mol. The van der Waals surface area contributed by atoms with Gasteiger partial charge in [0.05, 0.1) is 0 Å². The summed E-state index contributed by atoms with van der Waals surface area (Å²) < 4.78 is 0. The van der Waals surface area contributed by atoms with Crippen molar-refractivity contribution in [3.8, 4) is 11.1 Å². The minimum absolute atomic E-state index is 0.0150. The van der Waals surface area contributed by atoms with Gasteiger partial charge in [0.25, 0.3) is 0 Å². The van der Waals surface area contributed by atoms with Crippen molar-refractivity contribution in [1.82, 2.24) is 0 Å². The molecule has 0 bridgehead atoms. The molecule has 0 aliphatic heterocycles. The van der Waals surface area contributed by atoms with Crippen molar-refractivity contribution in [2.75, 3.05) is 11.9 Å². The van der Waals surface area contributed by atoms with E-state index in [-0.39, 0.29) is 5.41 Å². The van der Waals surface area contributed by atoms with Crippen molar-refractivity contribution in [1.29, 1.82) is 0 Å². The summed E-state index contributed by atoms with van der Waals surface area (Å²) in [6.07, 6.45) is 0. The Labute approximate surface area is 250 Å². The van der Waals surface area contributed by atoms with Crippen molar-refractivity contribution in [2.45, 2.75) is 19.3 Å². The fraction of sp³-hybridized carbons (Fsp3) is 0.100. The summed E-state index contributed by atoms with van der Waals surface area (Å²) in [7, 11) is -0.342. The van der Waals surface area contributed by atoms with E-state index in [1.165, 1.54) is 54.4 Å². The molecule has 2 heteroatoms. The summed E-state index contributed by atoms with van der Waals surface area (Å²) in [4.78, 5) is 2.32. The number of hydrogen-bond acceptors (Lipinski definition) is 1. The molecule has 1 aliphatic rings. The van der Waals surface area contributed by atoms with Gasteiger partial charge in [-0.25, -0.2) is 0 Å². The van der Waals surface area contributed by atoms with Gasteiger partial charge >= 0.3 is 0 Å². The van der Waals surface area contributed by atoms with Gasteiger partial charge in [-0.15, -0.1) is 0 Å². The van der Waals surface area contributed by atoms with Crippen LogP contribution in [0.4, 0.5) is 11.4 Å². The highest BCUT2D eigenvalue weighted by molar-refractivity contribution is 7.19. The molecule has 0 amide bonds. The Morgan fingerprint density at radius 1 is 0.429 bits per heavy atom. The van der Waals surface area contributed by atoms with Crippen molar-refractivity contribution in [2.24, 2.45) is 0 Å². The molecule has 0 N–H and O–H groups in total. The summed E-state index contributed by atoms with van der Waals surface area (Å²) in [6, 6.07) is 58.5. The van der Waals surface area contributed by atoms with Gasteiger partial charge in [-0.05, 0) is 67.3 Å². The molecule has 0 heterocycles. The van der Waals surface area contributed by atoms with Gasteiger partial charge in [0.2, 0.25) is 0 Å². The smallest absolute Gasteiger partial charge is 0.179 e. The van der Waals surface area contributed by atoms with E-state index in [4.69, 9.17) is 0 Å². The lowest BCUT2D eigenvalue weighted by molar-refractivity contribution is 0.660. The summed E-state index contributed by atoms with van der Waals surface area (Å²) >= 11 is 0. The molecule has 6 aromatic carbocycles. The van der Waals surface area contributed by atoms with Crippen molar-refractivity contribution in [3.63, 3.8) is 0 Å². The quantitative estimate of drug-likeness (QED) is 0.155. The van der Waals surface area contributed by atoms with E-state index >= 15 is 0 Å². The van der Waals surface area contributed by atoms with Crippen LogP contribution in [0.2, 0.25) is 0 Å². The van der Waals surface area contributed by atoms with Crippen LogP contribution in [0.3, 0.4) is 0 Å². The van der Waals surface area contributed by atoms with E-state index in [0.29, 0.717) is 0 Å². The summed E-state index contributed by atoms with van der Waals surface area (Å²) in [5.74, 6) is 0. The number of fused-ring (bicyclic) bond motifs is 3. The standard InChI is InChI=1S/C40H35NSi/c1-40(2)38-22-14-13-21-36(38)37-28-25-31(29-39(37)40)41(3)30-23-26-35(27-24-30)42(32-15-7-4-8-16-32,33-17-9-5-10-18-33)34-19-11-6-12-20-34/h4-29H,1-3H3. The second-order valence-electron chi connectivity index (χ2n) is 11.9. The van der Waals surface area contributed by atoms with E-state index in [0.717, 1.165) is 0 Å². The lowest BCUT2D eigenvalue weighted by atomic mass is 9.82. The van der Waals surface area contributed by atoms with E-state index in [9.17, 15) is 0 Å². The number of nitrogens with zero attached hydrogens (tertiary/aromatic N) is 1. The maximum atomic E-state index is 2.39. The minimum Gasteiger partial charge on any atom is -0.345 e. The molecule has 0 saturated carbocycles. The normalized spacial score (nSPS) is 13.3. The van der Waals surface area contributed by atoms with Crippen LogP contribution < -0.4 is 25.6 Å². The molecule has 0 aromatic heterocycles. The van der Waals surface area contributed by atoms with Gasteiger partial charge in [0, 0.05) is 23.8 Å². The first kappa shape index (κ1) is 26.2. The van der Waals surface area contributed by atoms with Crippen LogP contribution in [0.15, 0.2) is 158 Å². The van der Waals surface area contributed by atoms with Gasteiger partial charge in [-0.3, -0.25) is 0 Å². The lowest BCUT2D eigenvalue weighted by Gasteiger charge is -2.34. The van der Waals surface area contributed by atoms with E-state index in [1.807, 2.05) is 0 Å². The molecule has 0 atom stereocenters. The SMILES string of the molecule is CN(c1ccc([Si](c2ccccc2)(c2ccccc2)c2ccccc2)cc1)c1ccc2c(c1)C(C)(C)c1ccccc1-2. The molecule has 0 unspecified atom stereocenters. The predicted octanol–water partition coefficient (Wildman–Crippen LogP) is 7.14. The first-order valence-electron chi connectivity index (χ1n) is 14.8. The Bertz CT molecular complexity index is 1750.